The third kappa shape index (κ3) is 5.48. The summed E-state index contributed by atoms with van der Waals surface area (Å²) in [6.45, 7) is 1.91. The Morgan fingerprint density at radius 3 is 2.65 bits per heavy atom. The molecule has 2 aromatic carbocycles. The van der Waals surface area contributed by atoms with Crippen molar-refractivity contribution in [1.82, 2.24) is 5.43 Å². The minimum Gasteiger partial charge on any atom is -0.504 e. The van der Waals surface area contributed by atoms with E-state index in [9.17, 15) is 20.0 Å². The molecule has 0 unspecified atom stereocenters. The second kappa shape index (κ2) is 9.02. The molecule has 0 radical (unpaired) electrons. The van der Waals surface area contributed by atoms with Crippen molar-refractivity contribution in [3.63, 3.8) is 0 Å². The molecular weight excluding hydrogens is 342 g/mol. The predicted molar refractivity (Wildman–Crippen MR) is 93.6 cm³/mol. The van der Waals surface area contributed by atoms with E-state index in [1.807, 2.05) is 0 Å². The van der Waals surface area contributed by atoms with Crippen molar-refractivity contribution in [3.8, 4) is 17.2 Å². The number of nitro groups is 1. The van der Waals surface area contributed by atoms with E-state index < -0.39 is 10.8 Å². The van der Waals surface area contributed by atoms with Crippen LogP contribution in [0.3, 0.4) is 0 Å². The molecule has 0 spiro atoms. The van der Waals surface area contributed by atoms with Gasteiger partial charge in [0, 0.05) is 12.1 Å². The zero-order valence-corrected chi connectivity index (χ0v) is 13.9. The van der Waals surface area contributed by atoms with Crippen molar-refractivity contribution in [2.24, 2.45) is 5.10 Å². The fraction of sp³-hybridized carbons (Fsp3) is 0.176. The molecule has 9 nitrogen and oxygen atoms in total. The Labute approximate surface area is 149 Å². The number of phenolic OH excluding ortho intramolecular Hbond substituents is 1. The summed E-state index contributed by atoms with van der Waals surface area (Å²) in [5.41, 5.74) is 2.86. The number of rotatable bonds is 8. The highest BCUT2D eigenvalue weighted by molar-refractivity contribution is 5.83. The fourth-order valence-corrected chi connectivity index (χ4v) is 1.91. The van der Waals surface area contributed by atoms with Gasteiger partial charge in [-0.2, -0.15) is 5.10 Å². The number of hydrazone groups is 1. The van der Waals surface area contributed by atoms with Gasteiger partial charge in [0.1, 0.15) is 5.75 Å². The van der Waals surface area contributed by atoms with E-state index in [2.05, 4.69) is 10.5 Å². The second-order valence-corrected chi connectivity index (χ2v) is 4.99. The average molecular weight is 359 g/mol. The lowest BCUT2D eigenvalue weighted by atomic mass is 10.2. The number of nitrogens with one attached hydrogen (secondary N) is 1. The molecule has 2 rings (SSSR count). The Morgan fingerprint density at radius 2 is 2.00 bits per heavy atom. The largest absolute Gasteiger partial charge is 0.504 e. The number of nitrogens with zero attached hydrogens (tertiary/aromatic N) is 2. The van der Waals surface area contributed by atoms with Gasteiger partial charge in [-0.15, -0.1) is 0 Å². The van der Waals surface area contributed by atoms with Crippen molar-refractivity contribution in [1.29, 1.82) is 0 Å². The van der Waals surface area contributed by atoms with Gasteiger partial charge < -0.3 is 14.6 Å². The summed E-state index contributed by atoms with van der Waals surface area (Å²) in [4.78, 5) is 21.7. The lowest BCUT2D eigenvalue weighted by molar-refractivity contribution is -0.384. The van der Waals surface area contributed by atoms with Gasteiger partial charge >= 0.3 is 0 Å². The molecular formula is C17H17N3O6. The van der Waals surface area contributed by atoms with Crippen LogP contribution in [-0.2, 0) is 4.79 Å². The molecule has 0 aromatic heterocycles. The first-order chi connectivity index (χ1) is 12.5. The van der Waals surface area contributed by atoms with Crippen LogP contribution in [0, 0.1) is 10.1 Å². The zero-order valence-electron chi connectivity index (χ0n) is 13.9. The van der Waals surface area contributed by atoms with Gasteiger partial charge in [0.25, 0.3) is 11.6 Å². The lowest BCUT2D eigenvalue weighted by Crippen LogP contribution is -2.24. The van der Waals surface area contributed by atoms with Crippen molar-refractivity contribution in [3.05, 3.63) is 58.1 Å². The number of nitro benzene ring substituents is 1. The Balaban J connectivity index is 1.83. The van der Waals surface area contributed by atoms with Gasteiger partial charge in [0.15, 0.2) is 18.1 Å². The Kier molecular flexibility index (Phi) is 6.49. The molecule has 1 amide bonds. The van der Waals surface area contributed by atoms with Crippen LogP contribution in [0.25, 0.3) is 0 Å². The van der Waals surface area contributed by atoms with E-state index >= 15 is 0 Å². The number of benzene rings is 2. The first-order valence-corrected chi connectivity index (χ1v) is 7.64. The van der Waals surface area contributed by atoms with Gasteiger partial charge in [-0.25, -0.2) is 5.43 Å². The summed E-state index contributed by atoms with van der Waals surface area (Å²) in [5.74, 6) is 0.173. The summed E-state index contributed by atoms with van der Waals surface area (Å²) in [6.07, 6.45) is 1.39. The predicted octanol–water partition coefficient (Wildman–Crippen LogP) is 2.23. The molecule has 136 valence electrons. The highest BCUT2D eigenvalue weighted by Crippen LogP contribution is 2.26. The van der Waals surface area contributed by atoms with E-state index in [1.54, 1.807) is 19.1 Å². The maximum Gasteiger partial charge on any atom is 0.277 e. The van der Waals surface area contributed by atoms with Crippen molar-refractivity contribution < 1.29 is 24.3 Å². The fourth-order valence-electron chi connectivity index (χ4n) is 1.91. The van der Waals surface area contributed by atoms with Crippen LogP contribution in [0.4, 0.5) is 5.69 Å². The Hall–Kier alpha value is -3.62. The van der Waals surface area contributed by atoms with E-state index in [4.69, 9.17) is 9.47 Å². The second-order valence-electron chi connectivity index (χ2n) is 4.99. The molecule has 26 heavy (non-hydrogen) atoms. The maximum atomic E-state index is 11.7. The van der Waals surface area contributed by atoms with Crippen molar-refractivity contribution >= 4 is 17.8 Å². The number of carbonyl (C=O) groups excluding carboxylic acids is 1. The third-order valence-electron chi connectivity index (χ3n) is 3.10. The molecule has 0 aliphatic carbocycles. The number of hydrogen-bond acceptors (Lipinski definition) is 7. The van der Waals surface area contributed by atoms with Crippen LogP contribution in [0.1, 0.15) is 12.5 Å². The van der Waals surface area contributed by atoms with Crippen LogP contribution in [0.5, 0.6) is 17.2 Å². The molecule has 2 N–H and O–H groups in total. The highest BCUT2D eigenvalue weighted by Gasteiger charge is 2.06. The summed E-state index contributed by atoms with van der Waals surface area (Å²) < 4.78 is 10.5. The maximum absolute atomic E-state index is 11.7. The molecule has 0 bridgehead atoms. The van der Waals surface area contributed by atoms with E-state index in [-0.39, 0.29) is 18.0 Å². The SMILES string of the molecule is CCOc1cc(/C=N/NC(=O)COc2ccc([N+](=O)[O-])cc2)ccc1O. The summed E-state index contributed by atoms with van der Waals surface area (Å²) >= 11 is 0. The average Bonchev–Trinajstić information content (AvgIpc) is 2.63. The van der Waals surface area contributed by atoms with Gasteiger partial charge in [0.2, 0.25) is 0 Å². The molecule has 0 saturated carbocycles. The molecule has 0 fully saturated rings. The first-order valence-electron chi connectivity index (χ1n) is 7.64. The van der Waals surface area contributed by atoms with Crippen molar-refractivity contribution in [2.75, 3.05) is 13.2 Å². The molecule has 9 heteroatoms. The van der Waals surface area contributed by atoms with Gasteiger partial charge in [-0.3, -0.25) is 14.9 Å². The Morgan fingerprint density at radius 1 is 1.27 bits per heavy atom. The van der Waals surface area contributed by atoms with Gasteiger partial charge in [0.05, 0.1) is 17.7 Å². The number of amides is 1. The standard InChI is InChI=1S/C17H17N3O6/c1-2-25-16-9-12(3-8-15(16)21)10-18-19-17(22)11-26-14-6-4-13(5-7-14)20(23)24/h3-10,21H,2,11H2,1H3,(H,19,22)/b18-10+. The van der Waals surface area contributed by atoms with E-state index in [0.29, 0.717) is 23.7 Å². The van der Waals surface area contributed by atoms with E-state index in [0.717, 1.165) is 0 Å². The van der Waals surface area contributed by atoms with Gasteiger partial charge in [-0.05, 0) is 42.8 Å². The zero-order chi connectivity index (χ0) is 18.9. The molecule has 0 aliphatic rings. The topological polar surface area (TPSA) is 123 Å². The molecule has 0 aliphatic heterocycles. The van der Waals surface area contributed by atoms with Crippen LogP contribution in [-0.4, -0.2) is 35.4 Å². The summed E-state index contributed by atoms with van der Waals surface area (Å²) in [5, 5.41) is 24.0. The minimum atomic E-state index is -0.522. The number of ether oxygens (including phenoxy) is 2. The van der Waals surface area contributed by atoms with Crippen LogP contribution in [0.2, 0.25) is 0 Å². The highest BCUT2D eigenvalue weighted by atomic mass is 16.6. The normalized spacial score (nSPS) is 10.5. The third-order valence-corrected chi connectivity index (χ3v) is 3.10. The quantitative estimate of drug-likeness (QED) is 0.423. The summed E-state index contributed by atoms with van der Waals surface area (Å²) in [6, 6.07) is 10.0. The first kappa shape index (κ1) is 18.7. The Bertz CT molecular complexity index is 805. The van der Waals surface area contributed by atoms with Gasteiger partial charge in [-0.1, -0.05) is 0 Å². The number of hydrogen-bond donors (Lipinski definition) is 2. The van der Waals surface area contributed by atoms with Crippen LogP contribution in [0.15, 0.2) is 47.6 Å². The van der Waals surface area contributed by atoms with Crippen LogP contribution < -0.4 is 14.9 Å². The molecule has 0 heterocycles. The molecule has 2 aromatic rings. The number of aromatic hydroxyl groups is 1. The number of phenols is 1. The summed E-state index contributed by atoms with van der Waals surface area (Å²) in [7, 11) is 0. The minimum absolute atomic E-state index is 0.0181. The van der Waals surface area contributed by atoms with E-state index in [1.165, 1.54) is 36.5 Å². The number of carbonyl (C=O) groups is 1. The molecule has 0 atom stereocenters. The monoisotopic (exact) mass is 359 g/mol. The lowest BCUT2D eigenvalue weighted by Gasteiger charge is -2.06. The molecule has 0 saturated heterocycles. The van der Waals surface area contributed by atoms with Crippen molar-refractivity contribution in [2.45, 2.75) is 6.92 Å². The van der Waals surface area contributed by atoms with Crippen LogP contribution >= 0.6 is 0 Å². The number of non-ortho nitro benzene ring substituents is 1. The smallest absolute Gasteiger partial charge is 0.277 e.